The normalized spacial score (nSPS) is 10.8. The van der Waals surface area contributed by atoms with Gasteiger partial charge in [0, 0.05) is 11.6 Å². The van der Waals surface area contributed by atoms with Crippen molar-refractivity contribution in [1.29, 1.82) is 0 Å². The van der Waals surface area contributed by atoms with Crippen molar-refractivity contribution in [2.45, 2.75) is 13.0 Å². The van der Waals surface area contributed by atoms with E-state index in [1.165, 1.54) is 0 Å². The lowest BCUT2D eigenvalue weighted by Crippen LogP contribution is -2.16. The first-order valence-corrected chi connectivity index (χ1v) is 13.3. The summed E-state index contributed by atoms with van der Waals surface area (Å²) >= 11 is 0. The maximum absolute atomic E-state index is 12.3. The lowest BCUT2D eigenvalue weighted by molar-refractivity contribution is 0.168. The van der Waals surface area contributed by atoms with E-state index in [1.54, 1.807) is 40.5 Å². The molecule has 0 saturated heterocycles. The van der Waals surface area contributed by atoms with Gasteiger partial charge in [-0.2, -0.15) is 0 Å². The Morgan fingerprint density at radius 1 is 0.833 bits per heavy atom. The Bertz CT molecular complexity index is 1620. The van der Waals surface area contributed by atoms with E-state index in [2.05, 4.69) is 44.9 Å². The minimum Gasteiger partial charge on any atom is -0.493 e. The number of ether oxygens (including phenoxy) is 4. The van der Waals surface area contributed by atoms with Crippen LogP contribution in [-0.4, -0.2) is 49.0 Å². The van der Waals surface area contributed by atoms with Gasteiger partial charge >= 0.3 is 6.09 Å². The Morgan fingerprint density at radius 2 is 1.45 bits per heavy atom. The molecular formula is C32H31N5O5. The van der Waals surface area contributed by atoms with Crippen LogP contribution in [0.5, 0.6) is 17.2 Å². The molecule has 0 atom stereocenters. The number of hydrogen-bond donors (Lipinski definition) is 2. The second-order valence-electron chi connectivity index (χ2n) is 9.14. The maximum atomic E-state index is 12.3. The summed E-state index contributed by atoms with van der Waals surface area (Å²) in [7, 11) is 4.67. The zero-order valence-corrected chi connectivity index (χ0v) is 23.8. The van der Waals surface area contributed by atoms with Gasteiger partial charge in [-0.05, 0) is 30.2 Å². The topological polar surface area (TPSA) is 117 Å². The van der Waals surface area contributed by atoms with Gasteiger partial charge < -0.3 is 24.3 Å². The molecule has 0 saturated carbocycles. The van der Waals surface area contributed by atoms with Gasteiger partial charge in [-0.3, -0.25) is 5.32 Å². The Kier molecular flexibility index (Phi) is 8.62. The largest absolute Gasteiger partial charge is 0.493 e. The molecule has 0 unspecified atom stereocenters. The van der Waals surface area contributed by atoms with Crippen LogP contribution in [0, 0.1) is 0 Å². The number of anilines is 2. The molecule has 10 nitrogen and oxygen atoms in total. The maximum Gasteiger partial charge on any atom is 0.412 e. The van der Waals surface area contributed by atoms with Gasteiger partial charge in [0.2, 0.25) is 5.75 Å². The SMILES string of the molecule is CCOC(=O)Nc1cc(NC(c2ccccc2)c2ccccc2)c2nc(-c3cc(OC)c(OC)c(OC)c3)cnc2n1. The van der Waals surface area contributed by atoms with E-state index in [9.17, 15) is 4.79 Å². The van der Waals surface area contributed by atoms with Gasteiger partial charge in [0.15, 0.2) is 17.1 Å². The van der Waals surface area contributed by atoms with Gasteiger partial charge in [0.25, 0.3) is 0 Å². The first-order chi connectivity index (χ1) is 20.5. The number of carbonyl (C=O) groups is 1. The number of carbonyl (C=O) groups excluding carboxylic acids is 1. The van der Waals surface area contributed by atoms with Crippen molar-refractivity contribution < 1.29 is 23.7 Å². The predicted octanol–water partition coefficient (Wildman–Crippen LogP) is 6.49. The monoisotopic (exact) mass is 565 g/mol. The molecule has 0 bridgehead atoms. The van der Waals surface area contributed by atoms with Crippen molar-refractivity contribution >= 4 is 28.8 Å². The number of benzene rings is 3. The molecule has 1 amide bonds. The van der Waals surface area contributed by atoms with Crippen LogP contribution < -0.4 is 24.8 Å². The summed E-state index contributed by atoms with van der Waals surface area (Å²) in [5.74, 6) is 1.74. The molecule has 2 heterocycles. The van der Waals surface area contributed by atoms with Crippen molar-refractivity contribution in [3.63, 3.8) is 0 Å². The van der Waals surface area contributed by atoms with E-state index in [1.807, 2.05) is 48.5 Å². The van der Waals surface area contributed by atoms with Crippen LogP contribution in [0.25, 0.3) is 22.4 Å². The van der Waals surface area contributed by atoms with Gasteiger partial charge in [-0.15, -0.1) is 0 Å². The number of pyridine rings is 1. The lowest BCUT2D eigenvalue weighted by atomic mass is 9.98. The van der Waals surface area contributed by atoms with Gasteiger partial charge in [-0.25, -0.2) is 19.7 Å². The smallest absolute Gasteiger partial charge is 0.412 e. The number of aromatic nitrogens is 3. The molecule has 5 rings (SSSR count). The Morgan fingerprint density at radius 3 is 2.00 bits per heavy atom. The van der Waals surface area contributed by atoms with Crippen molar-refractivity contribution in [1.82, 2.24) is 15.0 Å². The molecular weight excluding hydrogens is 534 g/mol. The van der Waals surface area contributed by atoms with Crippen molar-refractivity contribution in [2.75, 3.05) is 38.6 Å². The fraction of sp³-hybridized carbons (Fsp3) is 0.188. The number of nitrogens with zero attached hydrogens (tertiary/aromatic N) is 3. The summed E-state index contributed by atoms with van der Waals surface area (Å²) in [5.41, 5.74) is 4.82. The summed E-state index contributed by atoms with van der Waals surface area (Å²) in [6.07, 6.45) is 1.000. The number of rotatable bonds is 10. The number of methoxy groups -OCH3 is 3. The Labute approximate surface area is 243 Å². The van der Waals surface area contributed by atoms with Crippen LogP contribution in [0.2, 0.25) is 0 Å². The molecule has 2 N–H and O–H groups in total. The van der Waals surface area contributed by atoms with Crippen LogP contribution in [0.4, 0.5) is 16.3 Å². The van der Waals surface area contributed by atoms with E-state index < -0.39 is 6.09 Å². The molecule has 3 aromatic carbocycles. The molecule has 0 aliphatic rings. The first-order valence-electron chi connectivity index (χ1n) is 13.3. The van der Waals surface area contributed by atoms with E-state index >= 15 is 0 Å². The predicted molar refractivity (Wildman–Crippen MR) is 161 cm³/mol. The summed E-state index contributed by atoms with van der Waals surface area (Å²) in [6.45, 7) is 1.97. The quantitative estimate of drug-likeness (QED) is 0.196. The highest BCUT2D eigenvalue weighted by atomic mass is 16.5. The van der Waals surface area contributed by atoms with Gasteiger partial charge in [0.1, 0.15) is 11.3 Å². The Balaban J connectivity index is 1.67. The fourth-order valence-corrected chi connectivity index (χ4v) is 4.62. The van der Waals surface area contributed by atoms with E-state index in [-0.39, 0.29) is 18.5 Å². The standard InChI is InChI=1S/C32H31N5O5/c1-5-42-32(38)37-27-18-23(34-28(20-12-8-6-9-13-20)21-14-10-7-11-15-21)29-31(36-27)33-19-24(35-29)22-16-25(39-2)30(41-4)26(17-22)40-3/h6-19,28H,5H2,1-4H3,(H2,33,34,36,37,38). The third kappa shape index (κ3) is 6.02. The van der Waals surface area contributed by atoms with Gasteiger partial charge in [-0.1, -0.05) is 60.7 Å². The third-order valence-corrected chi connectivity index (χ3v) is 6.55. The Hall–Kier alpha value is -5.38. The minimum absolute atomic E-state index is 0.229. The molecule has 0 aliphatic heterocycles. The second-order valence-corrected chi connectivity index (χ2v) is 9.14. The highest BCUT2D eigenvalue weighted by molar-refractivity contribution is 5.92. The van der Waals surface area contributed by atoms with E-state index in [0.717, 1.165) is 11.1 Å². The molecule has 0 fully saturated rings. The average molecular weight is 566 g/mol. The minimum atomic E-state index is -0.611. The van der Waals surface area contributed by atoms with Crippen LogP contribution in [0.3, 0.4) is 0 Å². The highest BCUT2D eigenvalue weighted by Crippen LogP contribution is 2.41. The van der Waals surface area contributed by atoms with Crippen molar-refractivity contribution in [2.24, 2.45) is 0 Å². The summed E-state index contributed by atoms with van der Waals surface area (Å²) in [6, 6.07) is 25.3. The molecule has 10 heteroatoms. The van der Waals surface area contributed by atoms with Crippen LogP contribution in [-0.2, 0) is 4.74 Å². The number of nitrogens with one attached hydrogen (secondary N) is 2. The first kappa shape index (κ1) is 28.2. The molecule has 42 heavy (non-hydrogen) atoms. The van der Waals surface area contributed by atoms with E-state index in [0.29, 0.717) is 45.4 Å². The molecule has 2 aromatic heterocycles. The summed E-state index contributed by atoms with van der Waals surface area (Å²) < 4.78 is 21.6. The zero-order valence-electron chi connectivity index (χ0n) is 23.8. The lowest BCUT2D eigenvalue weighted by Gasteiger charge is -2.22. The van der Waals surface area contributed by atoms with E-state index in [4.69, 9.17) is 23.9 Å². The highest BCUT2D eigenvalue weighted by Gasteiger charge is 2.20. The third-order valence-electron chi connectivity index (χ3n) is 6.55. The van der Waals surface area contributed by atoms with Crippen molar-refractivity contribution in [3.05, 3.63) is 96.2 Å². The van der Waals surface area contributed by atoms with Crippen molar-refractivity contribution in [3.8, 4) is 28.5 Å². The number of amides is 1. The molecule has 5 aromatic rings. The molecule has 0 radical (unpaired) electrons. The molecule has 0 spiro atoms. The second kappa shape index (κ2) is 12.9. The summed E-state index contributed by atoms with van der Waals surface area (Å²) in [5, 5.41) is 6.33. The number of fused-ring (bicyclic) bond motifs is 1. The summed E-state index contributed by atoms with van der Waals surface area (Å²) in [4.78, 5) is 26.4. The van der Waals surface area contributed by atoms with Crippen LogP contribution >= 0.6 is 0 Å². The fourth-order valence-electron chi connectivity index (χ4n) is 4.62. The molecule has 0 aliphatic carbocycles. The van der Waals surface area contributed by atoms with Crippen LogP contribution in [0.1, 0.15) is 24.1 Å². The van der Waals surface area contributed by atoms with Gasteiger partial charge in [0.05, 0.1) is 51.6 Å². The number of hydrogen-bond acceptors (Lipinski definition) is 9. The zero-order chi connectivity index (χ0) is 29.5. The average Bonchev–Trinajstić information content (AvgIpc) is 3.03. The van der Waals surface area contributed by atoms with Crippen LogP contribution in [0.15, 0.2) is 85.1 Å². The molecule has 214 valence electrons.